The van der Waals surface area contributed by atoms with Crippen LogP contribution in [0.25, 0.3) is 5.69 Å². The molecule has 0 atom stereocenters. The molecule has 0 saturated carbocycles. The third-order valence-corrected chi connectivity index (χ3v) is 7.65. The summed E-state index contributed by atoms with van der Waals surface area (Å²) in [6, 6.07) is 14.2. The Morgan fingerprint density at radius 2 is 1.74 bits per heavy atom. The van der Waals surface area contributed by atoms with Gasteiger partial charge in [-0.1, -0.05) is 35.4 Å². The Labute approximate surface area is 186 Å². The van der Waals surface area contributed by atoms with Crippen LogP contribution in [-0.2, 0) is 10.0 Å². The Hall–Kier alpha value is -2.68. The van der Waals surface area contributed by atoms with Gasteiger partial charge >= 0.3 is 0 Å². The number of aromatic nitrogens is 2. The SMILES string of the molecule is Cc1ccc(S(=O)(=O)N2CCN(C(=O)c3ccn(-c4cccc(Cl)c4)n3)CC2)c(C)c1. The first kappa shape index (κ1) is 21.5. The molecule has 0 bridgehead atoms. The molecule has 0 aliphatic carbocycles. The minimum Gasteiger partial charge on any atom is -0.335 e. The molecule has 0 spiro atoms. The van der Waals surface area contributed by atoms with E-state index in [1.165, 1.54) is 4.31 Å². The zero-order valence-electron chi connectivity index (χ0n) is 17.3. The van der Waals surface area contributed by atoms with Gasteiger partial charge in [-0.05, 0) is 49.7 Å². The monoisotopic (exact) mass is 458 g/mol. The Balaban J connectivity index is 1.45. The average molecular weight is 459 g/mol. The molecule has 31 heavy (non-hydrogen) atoms. The highest BCUT2D eigenvalue weighted by molar-refractivity contribution is 7.89. The number of sulfonamides is 1. The molecule has 1 amide bonds. The summed E-state index contributed by atoms with van der Waals surface area (Å²) in [6.45, 7) is 4.85. The van der Waals surface area contributed by atoms with Gasteiger partial charge in [-0.25, -0.2) is 13.1 Å². The number of halogens is 1. The summed E-state index contributed by atoms with van der Waals surface area (Å²) < 4.78 is 29.1. The molecule has 1 saturated heterocycles. The lowest BCUT2D eigenvalue weighted by Gasteiger charge is -2.34. The molecule has 3 aromatic rings. The van der Waals surface area contributed by atoms with E-state index >= 15 is 0 Å². The molecule has 0 N–H and O–H groups in total. The van der Waals surface area contributed by atoms with Crippen molar-refractivity contribution in [2.45, 2.75) is 18.7 Å². The number of piperazine rings is 1. The second kappa shape index (κ2) is 8.45. The van der Waals surface area contributed by atoms with Crippen LogP contribution < -0.4 is 0 Å². The zero-order chi connectivity index (χ0) is 22.2. The average Bonchev–Trinajstić information content (AvgIpc) is 3.23. The van der Waals surface area contributed by atoms with Crippen molar-refractivity contribution in [2.75, 3.05) is 26.2 Å². The third-order valence-electron chi connectivity index (χ3n) is 5.36. The number of nitrogens with zero attached hydrogens (tertiary/aromatic N) is 4. The van der Waals surface area contributed by atoms with Gasteiger partial charge in [0, 0.05) is 37.4 Å². The van der Waals surface area contributed by atoms with Gasteiger partial charge < -0.3 is 4.90 Å². The van der Waals surface area contributed by atoms with Crippen molar-refractivity contribution in [3.63, 3.8) is 0 Å². The van der Waals surface area contributed by atoms with Gasteiger partial charge in [0.2, 0.25) is 10.0 Å². The number of hydrogen-bond donors (Lipinski definition) is 0. The summed E-state index contributed by atoms with van der Waals surface area (Å²) in [7, 11) is -3.60. The van der Waals surface area contributed by atoms with Crippen molar-refractivity contribution in [1.29, 1.82) is 0 Å². The Morgan fingerprint density at radius 3 is 2.42 bits per heavy atom. The quantitative estimate of drug-likeness (QED) is 0.601. The number of carbonyl (C=O) groups is 1. The normalized spacial score (nSPS) is 15.3. The smallest absolute Gasteiger partial charge is 0.274 e. The number of amides is 1. The largest absolute Gasteiger partial charge is 0.335 e. The van der Waals surface area contributed by atoms with Crippen molar-refractivity contribution in [2.24, 2.45) is 0 Å². The highest BCUT2D eigenvalue weighted by Crippen LogP contribution is 2.22. The van der Waals surface area contributed by atoms with Crippen molar-refractivity contribution < 1.29 is 13.2 Å². The molecule has 7 nitrogen and oxygen atoms in total. The van der Waals surface area contributed by atoms with E-state index in [0.29, 0.717) is 28.7 Å². The minimum atomic E-state index is -3.60. The van der Waals surface area contributed by atoms with Gasteiger partial charge in [0.1, 0.15) is 0 Å². The van der Waals surface area contributed by atoms with Gasteiger partial charge in [0.05, 0.1) is 10.6 Å². The number of rotatable bonds is 4. The molecule has 2 heterocycles. The van der Waals surface area contributed by atoms with Crippen LogP contribution in [0.2, 0.25) is 5.02 Å². The predicted octanol–water partition coefficient (Wildman–Crippen LogP) is 3.29. The number of benzene rings is 2. The third kappa shape index (κ3) is 4.37. The van der Waals surface area contributed by atoms with Crippen LogP contribution in [0.15, 0.2) is 59.6 Å². The maximum atomic E-state index is 13.0. The minimum absolute atomic E-state index is 0.218. The Bertz CT molecular complexity index is 1230. The second-order valence-electron chi connectivity index (χ2n) is 7.59. The fourth-order valence-corrected chi connectivity index (χ4v) is 5.53. The molecule has 4 rings (SSSR count). The lowest BCUT2D eigenvalue weighted by Crippen LogP contribution is -2.50. The van der Waals surface area contributed by atoms with E-state index in [1.807, 2.05) is 25.1 Å². The van der Waals surface area contributed by atoms with Crippen molar-refractivity contribution in [1.82, 2.24) is 19.0 Å². The summed E-state index contributed by atoms with van der Waals surface area (Å²) in [5, 5.41) is 4.95. The van der Waals surface area contributed by atoms with E-state index in [0.717, 1.165) is 16.8 Å². The first-order valence-electron chi connectivity index (χ1n) is 9.94. The number of carbonyl (C=O) groups excluding carboxylic acids is 1. The van der Waals surface area contributed by atoms with Crippen molar-refractivity contribution >= 4 is 27.5 Å². The van der Waals surface area contributed by atoms with Gasteiger partial charge in [-0.3, -0.25) is 4.79 Å². The van der Waals surface area contributed by atoms with Crippen LogP contribution in [-0.4, -0.2) is 59.5 Å². The van der Waals surface area contributed by atoms with Crippen LogP contribution in [0.3, 0.4) is 0 Å². The van der Waals surface area contributed by atoms with E-state index in [4.69, 9.17) is 11.6 Å². The van der Waals surface area contributed by atoms with E-state index < -0.39 is 10.0 Å². The van der Waals surface area contributed by atoms with Crippen LogP contribution in [0.5, 0.6) is 0 Å². The molecule has 1 aliphatic rings. The van der Waals surface area contributed by atoms with Gasteiger partial charge in [0.25, 0.3) is 5.91 Å². The van der Waals surface area contributed by atoms with Gasteiger partial charge in [-0.15, -0.1) is 0 Å². The van der Waals surface area contributed by atoms with E-state index in [1.54, 1.807) is 53.0 Å². The predicted molar refractivity (Wildman–Crippen MR) is 119 cm³/mol. The van der Waals surface area contributed by atoms with Gasteiger partial charge in [-0.2, -0.15) is 9.40 Å². The molecule has 9 heteroatoms. The van der Waals surface area contributed by atoms with E-state index in [2.05, 4.69) is 5.10 Å². The maximum absolute atomic E-state index is 13.0. The fraction of sp³-hybridized carbons (Fsp3) is 0.273. The van der Waals surface area contributed by atoms with Crippen LogP contribution in [0, 0.1) is 13.8 Å². The Morgan fingerprint density at radius 1 is 1.00 bits per heavy atom. The molecule has 0 radical (unpaired) electrons. The lowest BCUT2D eigenvalue weighted by atomic mass is 10.2. The molecular formula is C22H23ClN4O3S. The fourth-order valence-electron chi connectivity index (χ4n) is 3.72. The lowest BCUT2D eigenvalue weighted by molar-refractivity contribution is 0.0691. The second-order valence-corrected chi connectivity index (χ2v) is 9.93. The topological polar surface area (TPSA) is 75.5 Å². The first-order chi connectivity index (χ1) is 14.8. The molecular weight excluding hydrogens is 436 g/mol. The highest BCUT2D eigenvalue weighted by atomic mass is 35.5. The van der Waals surface area contributed by atoms with Gasteiger partial charge in [0.15, 0.2) is 5.69 Å². The summed E-state index contributed by atoms with van der Waals surface area (Å²) in [6.07, 6.45) is 1.71. The highest BCUT2D eigenvalue weighted by Gasteiger charge is 2.31. The number of hydrogen-bond acceptors (Lipinski definition) is 4. The standard InChI is InChI=1S/C22H23ClN4O3S/c1-16-6-7-21(17(2)14-16)31(29,30)26-12-10-25(11-13-26)22(28)20-8-9-27(24-20)19-5-3-4-18(23)15-19/h3-9,14-15H,10-13H2,1-2H3. The summed E-state index contributed by atoms with van der Waals surface area (Å²) in [4.78, 5) is 14.8. The van der Waals surface area contributed by atoms with Crippen molar-refractivity contribution in [3.8, 4) is 5.69 Å². The molecule has 162 valence electrons. The van der Waals surface area contributed by atoms with Crippen molar-refractivity contribution in [3.05, 3.63) is 76.6 Å². The maximum Gasteiger partial charge on any atom is 0.274 e. The van der Waals surface area contributed by atoms with E-state index in [-0.39, 0.29) is 19.0 Å². The van der Waals surface area contributed by atoms with Crippen LogP contribution >= 0.6 is 11.6 Å². The van der Waals surface area contributed by atoms with Crippen LogP contribution in [0.1, 0.15) is 21.6 Å². The molecule has 2 aromatic carbocycles. The number of aryl methyl sites for hydroxylation is 2. The summed E-state index contributed by atoms with van der Waals surface area (Å²) in [5.41, 5.74) is 2.82. The Kier molecular flexibility index (Phi) is 5.88. The molecule has 0 unspecified atom stereocenters. The molecule has 1 aliphatic heterocycles. The van der Waals surface area contributed by atoms with Crippen LogP contribution in [0.4, 0.5) is 0 Å². The first-order valence-corrected chi connectivity index (χ1v) is 11.8. The zero-order valence-corrected chi connectivity index (χ0v) is 18.9. The molecule has 1 fully saturated rings. The summed E-state index contributed by atoms with van der Waals surface area (Å²) in [5.74, 6) is -0.218. The molecule has 1 aromatic heterocycles. The summed E-state index contributed by atoms with van der Waals surface area (Å²) >= 11 is 6.03. The van der Waals surface area contributed by atoms with E-state index in [9.17, 15) is 13.2 Å².